The average Bonchev–Trinajstić information content (AvgIpc) is 1.99. The molecule has 1 rings (SSSR count). The smallest absolute Gasteiger partial charge is 0.00922 e. The SMILES string of the molecule is CN(CCCC(C)(C)CCN)C1CCC1. The lowest BCUT2D eigenvalue weighted by atomic mass is 9.84. The zero-order valence-corrected chi connectivity index (χ0v) is 10.8. The summed E-state index contributed by atoms with van der Waals surface area (Å²) in [6.45, 7) is 6.76. The molecule has 0 aromatic rings. The maximum atomic E-state index is 5.61. The van der Waals surface area contributed by atoms with Crippen molar-refractivity contribution < 1.29 is 0 Å². The van der Waals surface area contributed by atoms with E-state index in [1.165, 1.54) is 38.6 Å². The van der Waals surface area contributed by atoms with Crippen molar-refractivity contribution in [1.82, 2.24) is 4.90 Å². The molecule has 1 fully saturated rings. The van der Waals surface area contributed by atoms with Crippen molar-refractivity contribution in [2.45, 2.75) is 58.4 Å². The summed E-state index contributed by atoms with van der Waals surface area (Å²) in [6, 6.07) is 0.891. The Hall–Kier alpha value is -0.0800. The Morgan fingerprint density at radius 3 is 2.40 bits per heavy atom. The molecule has 2 N–H and O–H groups in total. The fourth-order valence-electron chi connectivity index (χ4n) is 2.33. The second-order valence-electron chi connectivity index (χ2n) is 5.87. The van der Waals surface area contributed by atoms with E-state index >= 15 is 0 Å². The Balaban J connectivity index is 2.08. The van der Waals surface area contributed by atoms with Gasteiger partial charge in [0.15, 0.2) is 0 Å². The van der Waals surface area contributed by atoms with Crippen LogP contribution in [0.1, 0.15) is 52.4 Å². The van der Waals surface area contributed by atoms with Crippen LogP contribution in [0.5, 0.6) is 0 Å². The van der Waals surface area contributed by atoms with E-state index in [1.54, 1.807) is 0 Å². The molecule has 0 heterocycles. The lowest BCUT2D eigenvalue weighted by Crippen LogP contribution is -2.37. The Morgan fingerprint density at radius 1 is 1.27 bits per heavy atom. The Labute approximate surface area is 95.2 Å². The molecule has 15 heavy (non-hydrogen) atoms. The molecule has 0 radical (unpaired) electrons. The number of nitrogens with zero attached hydrogens (tertiary/aromatic N) is 1. The van der Waals surface area contributed by atoms with Crippen molar-refractivity contribution in [2.24, 2.45) is 11.1 Å². The number of rotatable bonds is 7. The third-order valence-electron chi connectivity index (χ3n) is 3.88. The molecule has 0 unspecified atom stereocenters. The van der Waals surface area contributed by atoms with Crippen molar-refractivity contribution in [1.29, 1.82) is 0 Å². The number of nitrogens with two attached hydrogens (primary N) is 1. The van der Waals surface area contributed by atoms with Gasteiger partial charge in [-0.05, 0) is 57.7 Å². The van der Waals surface area contributed by atoms with Crippen LogP contribution in [0.3, 0.4) is 0 Å². The topological polar surface area (TPSA) is 29.3 Å². The maximum absolute atomic E-state index is 5.61. The van der Waals surface area contributed by atoms with Gasteiger partial charge in [-0.3, -0.25) is 0 Å². The van der Waals surface area contributed by atoms with Crippen molar-refractivity contribution in [3.63, 3.8) is 0 Å². The molecular weight excluding hydrogens is 184 g/mol. The first kappa shape index (κ1) is 13.0. The van der Waals surface area contributed by atoms with Crippen molar-refractivity contribution in [2.75, 3.05) is 20.1 Å². The molecule has 0 atom stereocenters. The summed E-state index contributed by atoms with van der Waals surface area (Å²) in [6.07, 6.45) is 8.06. The largest absolute Gasteiger partial charge is 0.330 e. The second kappa shape index (κ2) is 5.86. The van der Waals surface area contributed by atoms with Gasteiger partial charge in [0.1, 0.15) is 0 Å². The van der Waals surface area contributed by atoms with Crippen molar-refractivity contribution >= 4 is 0 Å². The van der Waals surface area contributed by atoms with Gasteiger partial charge in [-0.15, -0.1) is 0 Å². The van der Waals surface area contributed by atoms with Gasteiger partial charge >= 0.3 is 0 Å². The minimum Gasteiger partial charge on any atom is -0.330 e. The molecule has 1 saturated carbocycles. The van der Waals surface area contributed by atoms with Crippen LogP contribution in [0, 0.1) is 5.41 Å². The molecule has 2 heteroatoms. The third-order valence-corrected chi connectivity index (χ3v) is 3.88. The van der Waals surface area contributed by atoms with Gasteiger partial charge in [-0.25, -0.2) is 0 Å². The Bertz CT molecular complexity index is 173. The van der Waals surface area contributed by atoms with Gasteiger partial charge < -0.3 is 10.6 Å². The summed E-state index contributed by atoms with van der Waals surface area (Å²) >= 11 is 0. The first-order valence-corrected chi connectivity index (χ1v) is 6.45. The predicted octanol–water partition coefficient (Wildman–Crippen LogP) is 2.63. The summed E-state index contributed by atoms with van der Waals surface area (Å²) in [5.41, 5.74) is 6.05. The number of hydrogen-bond acceptors (Lipinski definition) is 2. The molecule has 1 aliphatic rings. The van der Waals surface area contributed by atoms with Crippen LogP contribution in [0.2, 0.25) is 0 Å². The molecule has 0 aliphatic heterocycles. The van der Waals surface area contributed by atoms with Gasteiger partial charge in [0.2, 0.25) is 0 Å². The summed E-state index contributed by atoms with van der Waals surface area (Å²) in [4.78, 5) is 2.54. The summed E-state index contributed by atoms with van der Waals surface area (Å²) in [7, 11) is 2.28. The van der Waals surface area contributed by atoms with E-state index in [0.29, 0.717) is 5.41 Å². The van der Waals surface area contributed by atoms with Crippen LogP contribution in [0.4, 0.5) is 0 Å². The molecule has 0 aromatic heterocycles. The average molecular weight is 212 g/mol. The summed E-state index contributed by atoms with van der Waals surface area (Å²) in [5.74, 6) is 0. The first-order chi connectivity index (χ1) is 7.05. The van der Waals surface area contributed by atoms with Gasteiger partial charge in [-0.2, -0.15) is 0 Å². The van der Waals surface area contributed by atoms with Crippen LogP contribution >= 0.6 is 0 Å². The Kier molecular flexibility index (Phi) is 5.07. The monoisotopic (exact) mass is 212 g/mol. The standard InChI is InChI=1S/C13H28N2/c1-13(2,9-10-14)8-5-11-15(3)12-6-4-7-12/h12H,4-11,14H2,1-3H3. The molecule has 0 spiro atoms. The highest BCUT2D eigenvalue weighted by molar-refractivity contribution is 4.78. The van der Waals surface area contributed by atoms with Gasteiger partial charge in [0, 0.05) is 6.04 Å². The fraction of sp³-hybridized carbons (Fsp3) is 1.00. The molecule has 1 aliphatic carbocycles. The molecule has 0 amide bonds. The van der Waals surface area contributed by atoms with E-state index in [2.05, 4.69) is 25.8 Å². The molecule has 2 nitrogen and oxygen atoms in total. The van der Waals surface area contributed by atoms with Crippen molar-refractivity contribution in [3.8, 4) is 0 Å². The molecule has 0 bridgehead atoms. The summed E-state index contributed by atoms with van der Waals surface area (Å²) in [5, 5.41) is 0. The lowest BCUT2D eigenvalue weighted by molar-refractivity contribution is 0.149. The summed E-state index contributed by atoms with van der Waals surface area (Å²) < 4.78 is 0. The highest BCUT2D eigenvalue weighted by Gasteiger charge is 2.22. The van der Waals surface area contributed by atoms with Gasteiger partial charge in [-0.1, -0.05) is 20.3 Å². The van der Waals surface area contributed by atoms with Crippen molar-refractivity contribution in [3.05, 3.63) is 0 Å². The van der Waals surface area contributed by atoms with Crippen LogP contribution in [0.25, 0.3) is 0 Å². The van der Waals surface area contributed by atoms with E-state index in [1.807, 2.05) is 0 Å². The molecule has 90 valence electrons. The van der Waals surface area contributed by atoms with Crippen LogP contribution < -0.4 is 5.73 Å². The van der Waals surface area contributed by atoms with E-state index < -0.39 is 0 Å². The molecule has 0 saturated heterocycles. The van der Waals surface area contributed by atoms with E-state index in [4.69, 9.17) is 5.73 Å². The Morgan fingerprint density at radius 2 is 1.93 bits per heavy atom. The third kappa shape index (κ3) is 4.52. The van der Waals surface area contributed by atoms with Gasteiger partial charge in [0.05, 0.1) is 0 Å². The minimum absolute atomic E-state index is 0.440. The maximum Gasteiger partial charge on any atom is 0.00922 e. The normalized spacial score (nSPS) is 18.2. The molecule has 0 aromatic carbocycles. The lowest BCUT2D eigenvalue weighted by Gasteiger charge is -2.35. The second-order valence-corrected chi connectivity index (χ2v) is 5.87. The highest BCUT2D eigenvalue weighted by Crippen LogP contribution is 2.27. The predicted molar refractivity (Wildman–Crippen MR) is 67.0 cm³/mol. The zero-order chi connectivity index (χ0) is 11.3. The van der Waals surface area contributed by atoms with Gasteiger partial charge in [0.25, 0.3) is 0 Å². The van der Waals surface area contributed by atoms with Crippen LogP contribution in [-0.4, -0.2) is 31.1 Å². The zero-order valence-electron chi connectivity index (χ0n) is 10.8. The first-order valence-electron chi connectivity index (χ1n) is 6.45. The molecular formula is C13H28N2. The quantitative estimate of drug-likeness (QED) is 0.703. The van der Waals surface area contributed by atoms with Crippen LogP contribution in [-0.2, 0) is 0 Å². The van der Waals surface area contributed by atoms with E-state index in [9.17, 15) is 0 Å². The highest BCUT2D eigenvalue weighted by atomic mass is 15.1. The number of hydrogen-bond donors (Lipinski definition) is 1. The van der Waals surface area contributed by atoms with E-state index in [-0.39, 0.29) is 0 Å². The van der Waals surface area contributed by atoms with Crippen LogP contribution in [0.15, 0.2) is 0 Å². The van der Waals surface area contributed by atoms with E-state index in [0.717, 1.165) is 19.0 Å². The fourth-order valence-corrected chi connectivity index (χ4v) is 2.33. The minimum atomic E-state index is 0.440.